The monoisotopic (exact) mass is 483 g/mol. The van der Waals surface area contributed by atoms with E-state index in [1.54, 1.807) is 17.0 Å². The van der Waals surface area contributed by atoms with Crippen molar-refractivity contribution in [2.75, 3.05) is 0 Å². The zero-order valence-electron chi connectivity index (χ0n) is 20.1. The van der Waals surface area contributed by atoms with Crippen LogP contribution >= 0.6 is 0 Å². The van der Waals surface area contributed by atoms with E-state index in [-0.39, 0.29) is 28.0 Å². The normalized spacial score (nSPS) is 12.0. The van der Waals surface area contributed by atoms with Gasteiger partial charge in [0, 0.05) is 18.2 Å². The third kappa shape index (κ3) is 6.23. The molecule has 0 saturated heterocycles. The molecule has 5 nitrogen and oxygen atoms in total. The van der Waals surface area contributed by atoms with Crippen LogP contribution in [-0.2, 0) is 22.1 Å². The van der Waals surface area contributed by atoms with Crippen molar-refractivity contribution in [3.05, 3.63) is 95.3 Å². The number of hydrogen-bond acceptors (Lipinski definition) is 4. The second kappa shape index (κ2) is 9.97. The molecule has 7 heteroatoms. The summed E-state index contributed by atoms with van der Waals surface area (Å²) in [6, 6.07) is 18.6. The molecule has 0 N–H and O–H groups in total. The van der Waals surface area contributed by atoms with Gasteiger partial charge in [0.05, 0.1) is 0 Å². The molecular formula is C27H30FNO4S. The van der Waals surface area contributed by atoms with Gasteiger partial charge in [-0.1, -0.05) is 45.0 Å². The van der Waals surface area contributed by atoms with Crippen molar-refractivity contribution >= 4 is 16.0 Å². The highest BCUT2D eigenvalue weighted by molar-refractivity contribution is 7.87. The molecule has 1 amide bonds. The number of benzene rings is 3. The maximum absolute atomic E-state index is 13.2. The lowest BCUT2D eigenvalue weighted by Gasteiger charge is -2.27. The van der Waals surface area contributed by atoms with Gasteiger partial charge in [0.2, 0.25) is 0 Å². The highest BCUT2D eigenvalue weighted by Crippen LogP contribution is 2.24. The van der Waals surface area contributed by atoms with Gasteiger partial charge in [-0.05, 0) is 78.9 Å². The van der Waals surface area contributed by atoms with E-state index in [1.165, 1.54) is 12.1 Å². The lowest BCUT2D eigenvalue weighted by molar-refractivity contribution is 0.0690. The lowest BCUT2D eigenvalue weighted by atomic mass is 9.86. The molecule has 0 aliphatic rings. The fraction of sp³-hybridized carbons (Fsp3) is 0.296. The first kappa shape index (κ1) is 25.4. The summed E-state index contributed by atoms with van der Waals surface area (Å²) in [6.45, 7) is 10.7. The summed E-state index contributed by atoms with van der Waals surface area (Å²) < 4.78 is 43.0. The van der Waals surface area contributed by atoms with Crippen LogP contribution < -0.4 is 4.18 Å². The predicted octanol–water partition coefficient (Wildman–Crippen LogP) is 5.94. The first-order valence-corrected chi connectivity index (χ1v) is 12.5. The number of carbonyl (C=O) groups excluding carboxylic acids is 1. The quantitative estimate of drug-likeness (QED) is 0.390. The van der Waals surface area contributed by atoms with Crippen LogP contribution in [0, 0.1) is 5.82 Å². The summed E-state index contributed by atoms with van der Waals surface area (Å²) in [5, 5.41) is 0. The average Bonchev–Trinajstić information content (AvgIpc) is 2.77. The van der Waals surface area contributed by atoms with Gasteiger partial charge in [0.25, 0.3) is 5.91 Å². The SMILES string of the molecule is CC(C)N(Cc1ccc(OS(=O)(=O)c2ccc(F)cc2)cc1)C(=O)c1ccc(C(C)(C)C)cc1. The number of halogens is 1. The van der Waals surface area contributed by atoms with Crippen molar-refractivity contribution < 1.29 is 21.8 Å². The van der Waals surface area contributed by atoms with Crippen molar-refractivity contribution in [2.45, 2.75) is 57.5 Å². The first-order chi connectivity index (χ1) is 15.9. The molecular weight excluding hydrogens is 453 g/mol. The van der Waals surface area contributed by atoms with Crippen LogP contribution in [0.5, 0.6) is 5.75 Å². The molecule has 0 heterocycles. The summed E-state index contributed by atoms with van der Waals surface area (Å²) in [7, 11) is -4.07. The van der Waals surface area contributed by atoms with Crippen LogP contribution in [0.25, 0.3) is 0 Å². The van der Waals surface area contributed by atoms with Gasteiger partial charge in [-0.25, -0.2) is 4.39 Å². The van der Waals surface area contributed by atoms with E-state index in [0.29, 0.717) is 12.1 Å². The first-order valence-electron chi connectivity index (χ1n) is 11.1. The predicted molar refractivity (Wildman–Crippen MR) is 131 cm³/mol. The minimum absolute atomic E-state index is 0.00725. The molecule has 3 aromatic carbocycles. The summed E-state index contributed by atoms with van der Waals surface area (Å²) in [6.07, 6.45) is 0. The minimum Gasteiger partial charge on any atom is -0.379 e. The van der Waals surface area contributed by atoms with E-state index in [9.17, 15) is 17.6 Å². The van der Waals surface area contributed by atoms with Crippen LogP contribution in [0.1, 0.15) is 56.1 Å². The van der Waals surface area contributed by atoms with Crippen molar-refractivity contribution in [1.29, 1.82) is 0 Å². The molecule has 34 heavy (non-hydrogen) atoms. The van der Waals surface area contributed by atoms with Crippen molar-refractivity contribution in [2.24, 2.45) is 0 Å². The van der Waals surface area contributed by atoms with Gasteiger partial charge in [-0.15, -0.1) is 0 Å². The standard InChI is InChI=1S/C27H30FNO4S/c1-19(2)29(26(30)21-8-10-22(11-9-21)27(3,4)5)18-20-6-14-24(15-7-20)33-34(31,32)25-16-12-23(28)13-17-25/h6-17,19H,18H2,1-5H3. The van der Waals surface area contributed by atoms with E-state index < -0.39 is 15.9 Å². The Morgan fingerprint density at radius 3 is 1.97 bits per heavy atom. The molecule has 0 radical (unpaired) electrons. The maximum Gasteiger partial charge on any atom is 0.339 e. The fourth-order valence-electron chi connectivity index (χ4n) is 3.39. The zero-order chi connectivity index (χ0) is 25.1. The summed E-state index contributed by atoms with van der Waals surface area (Å²) in [4.78, 5) is 14.8. The molecule has 0 saturated carbocycles. The van der Waals surface area contributed by atoms with Crippen LogP contribution in [-0.4, -0.2) is 25.3 Å². The fourth-order valence-corrected chi connectivity index (χ4v) is 4.32. The molecule has 0 spiro atoms. The van der Waals surface area contributed by atoms with Gasteiger partial charge in [0.15, 0.2) is 0 Å². The van der Waals surface area contributed by atoms with Gasteiger partial charge >= 0.3 is 10.1 Å². The second-order valence-corrected chi connectivity index (χ2v) is 11.0. The van der Waals surface area contributed by atoms with Gasteiger partial charge in [-0.3, -0.25) is 4.79 Å². The Labute approximate surface area is 201 Å². The molecule has 0 aromatic heterocycles. The number of carbonyl (C=O) groups is 1. The molecule has 0 fully saturated rings. The highest BCUT2D eigenvalue weighted by Gasteiger charge is 2.21. The molecule has 0 aliphatic heterocycles. The molecule has 0 unspecified atom stereocenters. The van der Waals surface area contributed by atoms with Crippen LogP contribution in [0.15, 0.2) is 77.7 Å². The molecule has 0 aliphatic carbocycles. The van der Waals surface area contributed by atoms with E-state index in [2.05, 4.69) is 20.8 Å². The lowest BCUT2D eigenvalue weighted by Crippen LogP contribution is -2.36. The summed E-state index contributed by atoms with van der Waals surface area (Å²) >= 11 is 0. The van der Waals surface area contributed by atoms with Crippen molar-refractivity contribution in [1.82, 2.24) is 4.90 Å². The summed E-state index contributed by atoms with van der Waals surface area (Å²) in [5.41, 5.74) is 2.62. The number of amides is 1. The van der Waals surface area contributed by atoms with Crippen molar-refractivity contribution in [3.8, 4) is 5.75 Å². The number of hydrogen-bond donors (Lipinski definition) is 0. The Morgan fingerprint density at radius 1 is 0.912 bits per heavy atom. The van der Waals surface area contributed by atoms with E-state index in [0.717, 1.165) is 35.4 Å². The molecule has 0 bridgehead atoms. The Hall–Kier alpha value is -3.19. The highest BCUT2D eigenvalue weighted by atomic mass is 32.2. The van der Waals surface area contributed by atoms with Gasteiger partial charge in [0.1, 0.15) is 16.5 Å². The zero-order valence-corrected chi connectivity index (χ0v) is 20.9. The van der Waals surface area contributed by atoms with Crippen LogP contribution in [0.3, 0.4) is 0 Å². The largest absolute Gasteiger partial charge is 0.379 e. The topological polar surface area (TPSA) is 63.7 Å². The minimum atomic E-state index is -4.07. The van der Waals surface area contributed by atoms with Crippen molar-refractivity contribution in [3.63, 3.8) is 0 Å². The van der Waals surface area contributed by atoms with E-state index >= 15 is 0 Å². The van der Waals surface area contributed by atoms with Gasteiger partial charge in [-0.2, -0.15) is 8.42 Å². The Bertz CT molecular complexity index is 1230. The number of rotatable bonds is 7. The molecule has 0 atom stereocenters. The van der Waals surface area contributed by atoms with Gasteiger partial charge < -0.3 is 9.08 Å². The van der Waals surface area contributed by atoms with Crippen LogP contribution in [0.2, 0.25) is 0 Å². The number of nitrogens with zero attached hydrogens (tertiary/aromatic N) is 1. The summed E-state index contributed by atoms with van der Waals surface area (Å²) in [5.74, 6) is -0.472. The third-order valence-electron chi connectivity index (χ3n) is 5.47. The Balaban J connectivity index is 1.73. The van der Waals surface area contributed by atoms with E-state index in [4.69, 9.17) is 4.18 Å². The van der Waals surface area contributed by atoms with E-state index in [1.807, 2.05) is 38.1 Å². The molecule has 180 valence electrons. The molecule has 3 rings (SSSR count). The second-order valence-electron chi connectivity index (χ2n) is 9.49. The molecule has 3 aromatic rings. The maximum atomic E-state index is 13.2. The Morgan fingerprint density at radius 2 is 1.47 bits per heavy atom. The van der Waals surface area contributed by atoms with Crippen LogP contribution in [0.4, 0.5) is 4.39 Å². The smallest absolute Gasteiger partial charge is 0.339 e. The Kier molecular flexibility index (Phi) is 7.46. The average molecular weight is 484 g/mol. The third-order valence-corrected chi connectivity index (χ3v) is 6.73.